The number of nitrogens with two attached hydrogens (primary N) is 2. The molecule has 91 heavy (non-hydrogen) atoms. The molecule has 3 aliphatic rings. The number of nitrogens with zero attached hydrogens (tertiary/aromatic N) is 6. The molecule has 2 aliphatic heterocycles. The zero-order valence-electron chi connectivity index (χ0n) is 57.3. The van der Waals surface area contributed by atoms with Crippen LogP contribution in [-0.4, -0.2) is 180 Å². The van der Waals surface area contributed by atoms with Crippen LogP contribution in [0.2, 0.25) is 0 Å². The first kappa shape index (κ1) is 75.9. The predicted molar refractivity (Wildman–Crippen MR) is 356 cm³/mol. The van der Waals surface area contributed by atoms with E-state index in [0.29, 0.717) is 69.2 Å². The van der Waals surface area contributed by atoms with Crippen LogP contribution in [0.1, 0.15) is 188 Å². The van der Waals surface area contributed by atoms with E-state index in [1.54, 1.807) is 59.6 Å². The van der Waals surface area contributed by atoms with Crippen molar-refractivity contribution in [3.8, 4) is 0 Å². The fourth-order valence-electron chi connectivity index (χ4n) is 13.9. The average Bonchev–Trinajstić information content (AvgIpc) is 1.90. The second-order valence-corrected chi connectivity index (χ2v) is 28.5. The first-order valence-electron chi connectivity index (χ1n) is 33.8. The lowest BCUT2D eigenvalue weighted by Gasteiger charge is -2.41. The Hall–Kier alpha value is -5.84. The van der Waals surface area contributed by atoms with Crippen LogP contribution in [0, 0.1) is 53.3 Å². The molecule has 7 amide bonds. The summed E-state index contributed by atoms with van der Waals surface area (Å²) in [6.45, 7) is 22.0. The Balaban J connectivity index is 1.30. The minimum Gasteiger partial charge on any atom is -0.431 e. The Morgan fingerprint density at radius 1 is 0.769 bits per heavy atom. The minimum absolute atomic E-state index is 0.0209. The molecule has 0 radical (unpaired) electrons. The molecule has 0 bridgehead atoms. The van der Waals surface area contributed by atoms with Crippen molar-refractivity contribution in [2.75, 3.05) is 72.8 Å². The normalized spacial score (nSPS) is 19.5. The van der Waals surface area contributed by atoms with Gasteiger partial charge in [-0.3, -0.25) is 33.6 Å². The van der Waals surface area contributed by atoms with E-state index in [2.05, 4.69) is 27.4 Å². The summed E-state index contributed by atoms with van der Waals surface area (Å²) in [5, 5.41) is 8.41. The summed E-state index contributed by atoms with van der Waals surface area (Å²) in [6.07, 6.45) is 8.97. The van der Waals surface area contributed by atoms with Gasteiger partial charge in [0.25, 0.3) is 5.91 Å². The maximum Gasteiger partial charge on any atom is 0.411 e. The largest absolute Gasteiger partial charge is 0.431 e. The lowest BCUT2D eigenvalue weighted by Crippen LogP contribution is -2.54. The van der Waals surface area contributed by atoms with E-state index in [4.69, 9.17) is 20.9 Å². The van der Waals surface area contributed by atoms with Gasteiger partial charge in [-0.25, -0.2) is 14.6 Å². The Bertz CT molecular complexity index is 2680. The number of aromatic nitrogens is 1. The molecule has 3 heterocycles. The van der Waals surface area contributed by atoms with Gasteiger partial charge in [-0.2, -0.15) is 0 Å². The number of likely N-dealkylation sites (tertiary alicyclic amines) is 1. The third kappa shape index (κ3) is 21.6. The van der Waals surface area contributed by atoms with Gasteiger partial charge in [0.05, 0.1) is 35.7 Å². The molecule has 3 fully saturated rings. The van der Waals surface area contributed by atoms with Gasteiger partial charge in [-0.1, -0.05) is 120 Å². The van der Waals surface area contributed by atoms with Gasteiger partial charge in [0, 0.05) is 132 Å². The summed E-state index contributed by atoms with van der Waals surface area (Å²) < 4.78 is 12.4. The van der Waals surface area contributed by atoms with Gasteiger partial charge < -0.3 is 56.1 Å². The van der Waals surface area contributed by atoms with Crippen molar-refractivity contribution in [3.05, 3.63) is 46.4 Å². The number of piperazine rings is 1. The number of rotatable bonds is 35. The number of methoxy groups -OCH3 is 1. The third-order valence-corrected chi connectivity index (χ3v) is 21.0. The van der Waals surface area contributed by atoms with Crippen molar-refractivity contribution in [1.29, 1.82) is 0 Å². The van der Waals surface area contributed by atoms with Gasteiger partial charge >= 0.3 is 12.1 Å². The molecular formula is C69H112N10O11S. The van der Waals surface area contributed by atoms with Gasteiger partial charge in [0.15, 0.2) is 11.6 Å². The summed E-state index contributed by atoms with van der Waals surface area (Å²) in [4.78, 5) is 139. The summed E-state index contributed by atoms with van der Waals surface area (Å²) >= 11 is 1.63. The highest BCUT2D eigenvalue weighted by Crippen LogP contribution is 2.39. The molecule has 1 aromatic carbocycles. The zero-order chi connectivity index (χ0) is 67.4. The molecule has 2 saturated heterocycles. The Morgan fingerprint density at radius 2 is 1.43 bits per heavy atom. The number of anilines is 1. The van der Waals surface area contributed by atoms with E-state index in [-0.39, 0.29) is 103 Å². The van der Waals surface area contributed by atoms with Crippen LogP contribution in [0.3, 0.4) is 0 Å². The second kappa shape index (κ2) is 36.6. The number of hydrogen-bond acceptors (Lipinski definition) is 15. The maximum atomic E-state index is 15.1. The molecule has 5 rings (SSSR count). The maximum absolute atomic E-state index is 15.1. The highest BCUT2D eigenvalue weighted by molar-refractivity contribution is 7.09. The van der Waals surface area contributed by atoms with Crippen molar-refractivity contribution >= 4 is 70.1 Å². The van der Waals surface area contributed by atoms with Crippen molar-refractivity contribution in [1.82, 2.24) is 34.8 Å². The van der Waals surface area contributed by atoms with E-state index >= 15 is 4.79 Å². The molecule has 12 atom stereocenters. The molecule has 510 valence electrons. The molecule has 21 nitrogen and oxygen atoms in total. The second-order valence-electron chi connectivity index (χ2n) is 27.6. The minimum atomic E-state index is -1.44. The molecule has 1 aromatic heterocycles. The van der Waals surface area contributed by atoms with Crippen molar-refractivity contribution in [2.24, 2.45) is 64.7 Å². The van der Waals surface area contributed by atoms with Crippen LogP contribution in [0.5, 0.6) is 0 Å². The number of urea groups is 1. The van der Waals surface area contributed by atoms with Crippen molar-refractivity contribution < 1.29 is 52.6 Å². The number of ketones is 3. The van der Waals surface area contributed by atoms with Gasteiger partial charge in [-0.05, 0) is 86.8 Å². The Kier molecular flexibility index (Phi) is 30.5. The molecule has 1 saturated carbocycles. The van der Waals surface area contributed by atoms with E-state index < -0.39 is 72.0 Å². The molecule has 1 unspecified atom stereocenters. The fourth-order valence-corrected chi connectivity index (χ4v) is 14.6. The number of likely N-dealkylation sites (N-methyl/N-ethyl adjacent to an activating group) is 3. The molecule has 1 aliphatic carbocycles. The Morgan fingerprint density at radius 3 is 2.00 bits per heavy atom. The van der Waals surface area contributed by atoms with Gasteiger partial charge in [-0.15, -0.1) is 11.3 Å². The standard InChI is InChI=1S/C69H112N10O11S/c1-15-45(8)62(58(89-14)41-59(83)79-31-20-24-54(79)46(9)47(10)55(80)39-51(65-72-30-36-91-65)37-48-21-17-16-18-22-48)76(12)66(85)53(42(2)3)40-57(82)61(44(6)7)77(13)69(88)90-63(67(86)78-34-32-75(11)33-35-78)49-25-27-52(28-26-49)74-64(84)50(23-19-29-73-68(71)87)38-56(81)60(70)43(4)5/h25-28,30,36,42-48,50-51,53-54,58,60-63H,15-24,29,31-35,37-41,70H2,1-14H3,(H,74,84)(H3,71,73,87)/t45-,46+,47+,50+,51+,53-,54-,58+,60-,61-,62-,63?/m0/s1. The fraction of sp³-hybridized carbons (Fsp3) is 0.739. The van der Waals surface area contributed by atoms with Crippen LogP contribution in [0.15, 0.2) is 35.8 Å². The summed E-state index contributed by atoms with van der Waals surface area (Å²) in [7, 11) is 6.70. The Labute approximate surface area is 546 Å². The highest BCUT2D eigenvalue weighted by Gasteiger charge is 2.44. The molecule has 6 N–H and O–H groups in total. The van der Waals surface area contributed by atoms with E-state index in [0.717, 1.165) is 24.3 Å². The van der Waals surface area contributed by atoms with Crippen LogP contribution in [0.4, 0.5) is 15.3 Å². The smallest absolute Gasteiger partial charge is 0.411 e. The zero-order valence-corrected chi connectivity index (χ0v) is 58.1. The average molecular weight is 1290 g/mol. The van der Waals surface area contributed by atoms with Crippen LogP contribution < -0.4 is 22.1 Å². The number of amides is 7. The molecule has 22 heteroatoms. The third-order valence-electron chi connectivity index (χ3n) is 20.1. The molecule has 0 spiro atoms. The van der Waals surface area contributed by atoms with Crippen molar-refractivity contribution in [2.45, 2.75) is 208 Å². The number of hydrogen-bond donors (Lipinski definition) is 4. The van der Waals surface area contributed by atoms with Crippen LogP contribution in [-0.2, 0) is 43.0 Å². The van der Waals surface area contributed by atoms with Crippen LogP contribution in [0.25, 0.3) is 0 Å². The SMILES string of the molecule is CC[C@H](C)[C@@H]([C@@H](CC(=O)N1CCC[C@H]1[C@H](C)[C@@H](C)C(=O)C[C@@H](CC1CCCCC1)c1nccs1)OC)N(C)C(=O)[C@@H](CC(=O)[C@H](C(C)C)N(C)C(=O)OC(C(=O)N1CCN(C)CC1)c1ccc(NC(=O)[C@H](CCCNC(N)=O)CC(=O)[C@@H](N)C(C)C)cc1)C(C)C. The first-order chi connectivity index (χ1) is 43.1. The summed E-state index contributed by atoms with van der Waals surface area (Å²) in [5.41, 5.74) is 12.1. The number of benzene rings is 1. The molecular weight excluding hydrogens is 1180 g/mol. The van der Waals surface area contributed by atoms with E-state index in [9.17, 15) is 38.4 Å². The summed E-state index contributed by atoms with van der Waals surface area (Å²) in [5.74, 6) is -3.95. The number of carbonyl (C=O) groups excluding carboxylic acids is 9. The number of carbonyl (C=O) groups is 9. The predicted octanol–water partition coefficient (Wildman–Crippen LogP) is 9.48. The number of nitrogens with one attached hydrogen (secondary N) is 2. The monoisotopic (exact) mass is 1290 g/mol. The quantitative estimate of drug-likeness (QED) is 0.0468. The van der Waals surface area contributed by atoms with Gasteiger partial charge in [0.1, 0.15) is 5.78 Å². The lowest BCUT2D eigenvalue weighted by atomic mass is 9.78. The number of thiazole rings is 1. The topological polar surface area (TPSA) is 277 Å². The van der Waals surface area contributed by atoms with Crippen LogP contribution >= 0.6 is 11.3 Å². The van der Waals surface area contributed by atoms with E-state index in [1.165, 1.54) is 44.1 Å². The molecule has 2 aromatic rings. The number of Topliss-reactive ketones (excluding diaryl/α,β-unsaturated/α-hetero) is 3. The summed E-state index contributed by atoms with van der Waals surface area (Å²) in [6, 6.07) is 3.12. The first-order valence-corrected chi connectivity index (χ1v) is 34.6. The lowest BCUT2D eigenvalue weighted by molar-refractivity contribution is -0.148. The number of primary amides is 1. The van der Waals surface area contributed by atoms with Crippen molar-refractivity contribution in [3.63, 3.8) is 0 Å². The van der Waals surface area contributed by atoms with E-state index in [1.807, 2.05) is 85.8 Å². The van der Waals surface area contributed by atoms with Gasteiger partial charge in [0.2, 0.25) is 23.8 Å². The highest BCUT2D eigenvalue weighted by atomic mass is 32.1. The number of ether oxygens (including phenoxy) is 2.